The molecule has 0 aliphatic heterocycles. The van der Waals surface area contributed by atoms with Crippen molar-refractivity contribution >= 4 is 34.1 Å². The number of rotatable bonds is 3. The molecule has 17 heavy (non-hydrogen) atoms. The van der Waals surface area contributed by atoms with Gasteiger partial charge in [-0.25, -0.2) is 4.98 Å². The lowest BCUT2D eigenvalue weighted by Gasteiger charge is -1.98. The highest BCUT2D eigenvalue weighted by Gasteiger charge is 2.10. The number of amides is 2. The highest BCUT2D eigenvalue weighted by atomic mass is 32.1. The number of hydrogen-bond acceptors (Lipinski definition) is 4. The van der Waals surface area contributed by atoms with Gasteiger partial charge in [-0.2, -0.15) is 0 Å². The van der Waals surface area contributed by atoms with Crippen LogP contribution in [0.5, 0.6) is 0 Å². The van der Waals surface area contributed by atoms with Crippen molar-refractivity contribution in [1.82, 2.24) is 9.97 Å². The van der Waals surface area contributed by atoms with Crippen molar-refractivity contribution in [1.29, 1.82) is 0 Å². The summed E-state index contributed by atoms with van der Waals surface area (Å²) in [7, 11) is 0. The van der Waals surface area contributed by atoms with Crippen LogP contribution in [0.15, 0.2) is 24.5 Å². The Hall–Kier alpha value is -2.15. The number of nitrogens with zero attached hydrogens (tertiary/aromatic N) is 1. The van der Waals surface area contributed by atoms with E-state index in [2.05, 4.69) is 20.6 Å². The number of carbonyl (C=O) groups excluding carboxylic acids is 2. The van der Waals surface area contributed by atoms with Crippen molar-refractivity contribution < 1.29 is 9.59 Å². The number of aromatic nitrogens is 2. The number of carbonyl (C=O) groups is 2. The van der Waals surface area contributed by atoms with E-state index in [9.17, 15) is 9.59 Å². The van der Waals surface area contributed by atoms with Gasteiger partial charge in [-0.1, -0.05) is 0 Å². The van der Waals surface area contributed by atoms with Crippen LogP contribution in [0.2, 0.25) is 0 Å². The Labute approximate surface area is 101 Å². The van der Waals surface area contributed by atoms with Crippen molar-refractivity contribution in [2.45, 2.75) is 6.92 Å². The molecule has 2 heterocycles. The molecule has 2 rings (SSSR count). The molecule has 0 atom stereocenters. The number of nitrogens with one attached hydrogen (secondary N) is 3. The summed E-state index contributed by atoms with van der Waals surface area (Å²) in [4.78, 5) is 29.7. The number of aromatic amines is 1. The SMILES string of the molecule is CC(=O)Nc1ccc(C(=O)Nc2ncc[nH]2)s1. The third kappa shape index (κ3) is 2.91. The number of anilines is 2. The molecule has 0 unspecified atom stereocenters. The quantitative estimate of drug-likeness (QED) is 0.774. The van der Waals surface area contributed by atoms with Crippen molar-refractivity contribution in [3.63, 3.8) is 0 Å². The first kappa shape index (κ1) is 11.3. The summed E-state index contributed by atoms with van der Waals surface area (Å²) in [6.45, 7) is 1.42. The molecular weight excluding hydrogens is 240 g/mol. The average molecular weight is 250 g/mol. The van der Waals surface area contributed by atoms with E-state index in [-0.39, 0.29) is 11.8 Å². The molecule has 0 bridgehead atoms. The molecule has 3 N–H and O–H groups in total. The lowest BCUT2D eigenvalue weighted by atomic mass is 10.4. The van der Waals surface area contributed by atoms with E-state index in [1.165, 1.54) is 18.3 Å². The van der Waals surface area contributed by atoms with Crippen LogP contribution in [-0.4, -0.2) is 21.8 Å². The van der Waals surface area contributed by atoms with E-state index in [1.807, 2.05) is 0 Å². The first-order valence-electron chi connectivity index (χ1n) is 4.83. The van der Waals surface area contributed by atoms with Gasteiger partial charge in [0.25, 0.3) is 5.91 Å². The molecule has 6 nitrogen and oxygen atoms in total. The third-order valence-corrected chi connectivity index (χ3v) is 2.86. The standard InChI is InChI=1S/C10H10N4O2S/c1-6(15)13-8-3-2-7(17-8)9(16)14-10-11-4-5-12-10/h2-5H,1H3,(H,13,15)(H2,11,12,14,16). The second-order valence-corrected chi connectivity index (χ2v) is 4.32. The first-order valence-corrected chi connectivity index (χ1v) is 5.65. The Morgan fingerprint density at radius 1 is 1.35 bits per heavy atom. The van der Waals surface area contributed by atoms with E-state index in [0.717, 1.165) is 0 Å². The van der Waals surface area contributed by atoms with Crippen LogP contribution in [0.4, 0.5) is 10.9 Å². The Balaban J connectivity index is 2.04. The summed E-state index contributed by atoms with van der Waals surface area (Å²) in [6, 6.07) is 3.33. The second-order valence-electron chi connectivity index (χ2n) is 3.24. The summed E-state index contributed by atoms with van der Waals surface area (Å²) in [5.74, 6) is -0.0316. The van der Waals surface area contributed by atoms with Crippen LogP contribution >= 0.6 is 11.3 Å². The lowest BCUT2D eigenvalue weighted by Crippen LogP contribution is -2.11. The van der Waals surface area contributed by atoms with Gasteiger partial charge in [-0.05, 0) is 12.1 Å². The zero-order valence-corrected chi connectivity index (χ0v) is 9.80. The van der Waals surface area contributed by atoms with Crippen LogP contribution in [0.25, 0.3) is 0 Å². The van der Waals surface area contributed by atoms with Gasteiger partial charge in [-0.15, -0.1) is 11.3 Å². The summed E-state index contributed by atoms with van der Waals surface area (Å²) in [6.07, 6.45) is 3.17. The summed E-state index contributed by atoms with van der Waals surface area (Å²) in [5, 5.41) is 5.85. The highest BCUT2D eigenvalue weighted by Crippen LogP contribution is 2.22. The maximum atomic E-state index is 11.7. The van der Waals surface area contributed by atoms with E-state index >= 15 is 0 Å². The molecule has 2 amide bonds. The second kappa shape index (κ2) is 4.79. The molecule has 0 aliphatic rings. The van der Waals surface area contributed by atoms with Gasteiger partial charge in [0.05, 0.1) is 9.88 Å². The van der Waals surface area contributed by atoms with Crippen molar-refractivity contribution in [2.24, 2.45) is 0 Å². The zero-order chi connectivity index (χ0) is 12.3. The maximum absolute atomic E-state index is 11.7. The monoisotopic (exact) mass is 250 g/mol. The van der Waals surface area contributed by atoms with Crippen LogP contribution in [-0.2, 0) is 4.79 Å². The van der Waals surface area contributed by atoms with E-state index in [0.29, 0.717) is 15.8 Å². The number of thiophene rings is 1. The van der Waals surface area contributed by atoms with Crippen LogP contribution in [0, 0.1) is 0 Å². The van der Waals surface area contributed by atoms with Gasteiger partial charge in [0.15, 0.2) is 0 Å². The van der Waals surface area contributed by atoms with Crippen molar-refractivity contribution in [3.05, 3.63) is 29.4 Å². The topological polar surface area (TPSA) is 86.9 Å². The molecule has 0 spiro atoms. The number of hydrogen-bond donors (Lipinski definition) is 3. The van der Waals surface area contributed by atoms with Crippen LogP contribution in [0.3, 0.4) is 0 Å². The molecule has 88 valence electrons. The normalized spacial score (nSPS) is 9.94. The van der Waals surface area contributed by atoms with Crippen molar-refractivity contribution in [2.75, 3.05) is 10.6 Å². The molecular formula is C10H10N4O2S. The predicted octanol–water partition coefficient (Wildman–Crippen LogP) is 1.68. The molecule has 2 aromatic heterocycles. The lowest BCUT2D eigenvalue weighted by molar-refractivity contribution is -0.114. The molecule has 0 fully saturated rings. The van der Waals surface area contributed by atoms with Gasteiger partial charge in [-0.3, -0.25) is 14.9 Å². The molecule has 0 saturated heterocycles. The Kier molecular flexibility index (Phi) is 3.20. The minimum atomic E-state index is -0.262. The predicted molar refractivity (Wildman–Crippen MR) is 65.2 cm³/mol. The largest absolute Gasteiger partial charge is 0.331 e. The summed E-state index contributed by atoms with van der Waals surface area (Å²) < 4.78 is 0. The first-order chi connectivity index (χ1) is 8.15. The van der Waals surface area contributed by atoms with Gasteiger partial charge >= 0.3 is 0 Å². The Bertz CT molecular complexity index is 532. The molecule has 0 aliphatic carbocycles. The fourth-order valence-corrected chi connectivity index (χ4v) is 2.05. The van der Waals surface area contributed by atoms with Gasteiger partial charge < -0.3 is 10.3 Å². The minimum absolute atomic E-state index is 0.162. The van der Waals surface area contributed by atoms with E-state index < -0.39 is 0 Å². The van der Waals surface area contributed by atoms with Gasteiger partial charge in [0.2, 0.25) is 11.9 Å². The fraction of sp³-hybridized carbons (Fsp3) is 0.100. The molecule has 7 heteroatoms. The molecule has 0 saturated carbocycles. The smallest absolute Gasteiger partial charge is 0.268 e. The zero-order valence-electron chi connectivity index (χ0n) is 8.98. The fourth-order valence-electron chi connectivity index (χ4n) is 1.20. The summed E-state index contributed by atoms with van der Waals surface area (Å²) >= 11 is 1.21. The average Bonchev–Trinajstić information content (AvgIpc) is 2.87. The molecule has 0 radical (unpaired) electrons. The van der Waals surface area contributed by atoms with Crippen LogP contribution in [0.1, 0.15) is 16.6 Å². The number of H-pyrrole nitrogens is 1. The van der Waals surface area contributed by atoms with E-state index in [4.69, 9.17) is 0 Å². The third-order valence-electron chi connectivity index (χ3n) is 1.86. The summed E-state index contributed by atoms with van der Waals surface area (Å²) in [5.41, 5.74) is 0. The van der Waals surface area contributed by atoms with Crippen molar-refractivity contribution in [3.8, 4) is 0 Å². The molecule has 0 aromatic carbocycles. The number of imidazole rings is 1. The van der Waals surface area contributed by atoms with E-state index in [1.54, 1.807) is 24.5 Å². The molecule has 2 aromatic rings. The highest BCUT2D eigenvalue weighted by molar-refractivity contribution is 7.18. The van der Waals surface area contributed by atoms with Gasteiger partial charge in [0.1, 0.15) is 0 Å². The minimum Gasteiger partial charge on any atom is -0.331 e. The van der Waals surface area contributed by atoms with Gasteiger partial charge in [0, 0.05) is 19.3 Å². The maximum Gasteiger partial charge on any atom is 0.268 e. The Morgan fingerprint density at radius 3 is 2.82 bits per heavy atom. The Morgan fingerprint density at radius 2 is 2.18 bits per heavy atom. The van der Waals surface area contributed by atoms with Crippen LogP contribution < -0.4 is 10.6 Å².